The third-order valence-corrected chi connectivity index (χ3v) is 4.71. The molecule has 0 aliphatic heterocycles. The van der Waals surface area contributed by atoms with Crippen molar-refractivity contribution in [1.82, 2.24) is 0 Å². The third-order valence-electron chi connectivity index (χ3n) is 4.71. The molecule has 0 spiro atoms. The Hall–Kier alpha value is -2.08. The van der Waals surface area contributed by atoms with Crippen LogP contribution in [0.1, 0.15) is 32.8 Å². The van der Waals surface area contributed by atoms with Crippen molar-refractivity contribution in [2.24, 2.45) is 5.92 Å². The largest absolute Gasteiger partial charge is 0.0988 e. The maximum Gasteiger partial charge on any atom is 0.0649 e. The van der Waals surface area contributed by atoms with Crippen molar-refractivity contribution >= 4 is 0 Å². The maximum atomic E-state index is 4.35. The van der Waals surface area contributed by atoms with Gasteiger partial charge in [-0.15, -0.1) is 0 Å². The van der Waals surface area contributed by atoms with Crippen LogP contribution in [0, 0.1) is 5.92 Å². The molecule has 0 N–H and O–H groups in total. The van der Waals surface area contributed by atoms with Gasteiger partial charge in [-0.2, -0.15) is 0 Å². The van der Waals surface area contributed by atoms with Gasteiger partial charge in [0, 0.05) is 0 Å². The van der Waals surface area contributed by atoms with Crippen LogP contribution in [0.5, 0.6) is 0 Å². The molecule has 1 aromatic rings. The highest BCUT2D eigenvalue weighted by Crippen LogP contribution is 2.47. The van der Waals surface area contributed by atoms with E-state index >= 15 is 0 Å². The fourth-order valence-corrected chi connectivity index (χ4v) is 3.31. The average Bonchev–Trinajstić information content (AvgIpc) is 2.57. The molecule has 0 heteroatoms. The van der Waals surface area contributed by atoms with Crippen LogP contribution in [-0.4, -0.2) is 0 Å². The van der Waals surface area contributed by atoms with Gasteiger partial charge in [-0.25, -0.2) is 0 Å². The van der Waals surface area contributed by atoms with Crippen molar-refractivity contribution in [2.45, 2.75) is 32.6 Å². The minimum absolute atomic E-state index is 0.311. The summed E-state index contributed by atoms with van der Waals surface area (Å²) in [6, 6.07) is 10.6. The third kappa shape index (κ3) is 2.66. The van der Waals surface area contributed by atoms with Gasteiger partial charge in [-0.05, 0) is 42.9 Å². The molecule has 0 nitrogen and oxygen atoms in total. The lowest BCUT2D eigenvalue weighted by Crippen LogP contribution is -2.32. The smallest absolute Gasteiger partial charge is 0.0649 e. The highest BCUT2D eigenvalue weighted by molar-refractivity contribution is 5.60. The zero-order chi connectivity index (χ0) is 16.2. The highest BCUT2D eigenvalue weighted by Gasteiger charge is 2.38. The summed E-state index contributed by atoms with van der Waals surface area (Å²) in [4.78, 5) is 0. The van der Waals surface area contributed by atoms with E-state index in [9.17, 15) is 0 Å². The molecule has 2 unspecified atom stereocenters. The summed E-state index contributed by atoms with van der Waals surface area (Å²) in [7, 11) is 0. The van der Waals surface area contributed by atoms with Crippen molar-refractivity contribution in [1.29, 1.82) is 0 Å². The molecule has 0 aromatic heterocycles. The molecular weight excluding hydrogens is 264 g/mol. The first-order chi connectivity index (χ1) is 10.6. The van der Waals surface area contributed by atoms with Gasteiger partial charge in [0.2, 0.25) is 0 Å². The first kappa shape index (κ1) is 16.3. The molecule has 0 saturated heterocycles. The van der Waals surface area contributed by atoms with E-state index in [0.717, 1.165) is 12.0 Å². The number of allylic oxidation sites excluding steroid dienone is 8. The van der Waals surface area contributed by atoms with E-state index in [2.05, 4.69) is 88.6 Å². The van der Waals surface area contributed by atoms with Crippen molar-refractivity contribution in [3.05, 3.63) is 96.2 Å². The molecule has 0 saturated carbocycles. The van der Waals surface area contributed by atoms with Crippen LogP contribution >= 0.6 is 0 Å². The second-order valence-corrected chi connectivity index (χ2v) is 6.05. The summed E-state index contributed by atoms with van der Waals surface area (Å²) < 4.78 is 0. The van der Waals surface area contributed by atoms with E-state index in [0.29, 0.717) is 5.92 Å². The predicted octanol–water partition coefficient (Wildman–Crippen LogP) is 6.16. The number of benzene rings is 1. The summed E-state index contributed by atoms with van der Waals surface area (Å²) >= 11 is 0. The minimum Gasteiger partial charge on any atom is -0.0988 e. The second-order valence-electron chi connectivity index (χ2n) is 6.05. The van der Waals surface area contributed by atoms with Crippen LogP contribution in [0.4, 0.5) is 0 Å². The molecule has 114 valence electrons. The van der Waals surface area contributed by atoms with E-state index in [1.165, 1.54) is 16.7 Å². The van der Waals surface area contributed by atoms with Gasteiger partial charge in [0.15, 0.2) is 0 Å². The fraction of sp³-hybridized carbons (Fsp3) is 0.273. The van der Waals surface area contributed by atoms with Crippen molar-refractivity contribution in [3.63, 3.8) is 0 Å². The lowest BCUT2D eigenvalue weighted by molar-refractivity contribution is 0.673. The Labute approximate surface area is 135 Å². The topological polar surface area (TPSA) is 0 Å². The molecule has 1 aromatic carbocycles. The summed E-state index contributed by atoms with van der Waals surface area (Å²) in [6.07, 6.45) is 12.1. The molecule has 2 rings (SSSR count). The van der Waals surface area contributed by atoms with Gasteiger partial charge >= 0.3 is 0 Å². The first-order valence-electron chi connectivity index (χ1n) is 7.97. The quantitative estimate of drug-likeness (QED) is 0.450. The minimum atomic E-state index is -0.311. The Balaban J connectivity index is 2.75. The molecule has 0 amide bonds. The van der Waals surface area contributed by atoms with Gasteiger partial charge in [-0.3, -0.25) is 0 Å². The van der Waals surface area contributed by atoms with Crippen LogP contribution in [0.25, 0.3) is 0 Å². The Morgan fingerprint density at radius 3 is 2.45 bits per heavy atom. The van der Waals surface area contributed by atoms with Gasteiger partial charge in [-0.1, -0.05) is 86.4 Å². The molecule has 22 heavy (non-hydrogen) atoms. The van der Waals surface area contributed by atoms with Gasteiger partial charge in [0.1, 0.15) is 0 Å². The molecule has 0 bridgehead atoms. The van der Waals surface area contributed by atoms with Crippen LogP contribution in [0.2, 0.25) is 0 Å². The molecule has 0 radical (unpaired) electrons. The van der Waals surface area contributed by atoms with E-state index in [1.807, 2.05) is 6.08 Å². The zero-order valence-corrected chi connectivity index (χ0v) is 14.0. The average molecular weight is 290 g/mol. The number of rotatable bonds is 5. The summed E-state index contributed by atoms with van der Waals surface area (Å²) in [5.41, 5.74) is 4.56. The maximum absolute atomic E-state index is 4.35. The summed E-state index contributed by atoms with van der Waals surface area (Å²) in [5, 5.41) is 0. The SMILES string of the molecule is C=CC(=C)C(C1=CCC(C)C=C1)(/C(C)=C/C)c1ccccc1. The molecule has 1 aliphatic carbocycles. The lowest BCUT2D eigenvalue weighted by atomic mass is 9.63. The predicted molar refractivity (Wildman–Crippen MR) is 97.9 cm³/mol. The monoisotopic (exact) mass is 290 g/mol. The Morgan fingerprint density at radius 1 is 1.27 bits per heavy atom. The zero-order valence-electron chi connectivity index (χ0n) is 14.0. The summed E-state index contributed by atoms with van der Waals surface area (Å²) in [5.74, 6) is 0.597. The van der Waals surface area contributed by atoms with Gasteiger partial charge in [0.25, 0.3) is 0 Å². The van der Waals surface area contributed by atoms with Crippen molar-refractivity contribution < 1.29 is 0 Å². The van der Waals surface area contributed by atoms with E-state index < -0.39 is 0 Å². The molecule has 0 heterocycles. The van der Waals surface area contributed by atoms with Gasteiger partial charge < -0.3 is 0 Å². The highest BCUT2D eigenvalue weighted by atomic mass is 14.4. The van der Waals surface area contributed by atoms with Crippen LogP contribution in [0.3, 0.4) is 0 Å². The van der Waals surface area contributed by atoms with Crippen LogP contribution in [0.15, 0.2) is 90.6 Å². The van der Waals surface area contributed by atoms with Crippen molar-refractivity contribution in [2.75, 3.05) is 0 Å². The van der Waals surface area contributed by atoms with Gasteiger partial charge in [0.05, 0.1) is 5.41 Å². The number of hydrogen-bond acceptors (Lipinski definition) is 0. The van der Waals surface area contributed by atoms with E-state index in [1.54, 1.807) is 0 Å². The van der Waals surface area contributed by atoms with Crippen LogP contribution in [-0.2, 0) is 5.41 Å². The lowest BCUT2D eigenvalue weighted by Gasteiger charge is -2.39. The fourth-order valence-electron chi connectivity index (χ4n) is 3.31. The first-order valence-corrected chi connectivity index (χ1v) is 7.97. The Bertz CT molecular complexity index is 636. The molecular formula is C22H26. The Kier molecular flexibility index (Phi) is 5.03. The molecule has 0 fully saturated rings. The summed E-state index contributed by atoms with van der Waals surface area (Å²) in [6.45, 7) is 14.9. The van der Waals surface area contributed by atoms with Crippen molar-refractivity contribution in [3.8, 4) is 0 Å². The molecule has 2 atom stereocenters. The standard InChI is InChI=1S/C22H26/c1-6-18(4)22(19(5)7-2,20-11-9-8-10-12-20)21-15-13-17(3)14-16-21/h6-13,15-17H,1,4,14H2,2-3,5H3/b19-7+. The van der Waals surface area contributed by atoms with E-state index in [4.69, 9.17) is 0 Å². The Morgan fingerprint density at radius 2 is 1.95 bits per heavy atom. The normalized spacial score (nSPS) is 21.0. The van der Waals surface area contributed by atoms with E-state index in [-0.39, 0.29) is 5.41 Å². The van der Waals surface area contributed by atoms with Crippen LogP contribution < -0.4 is 0 Å². The second kappa shape index (κ2) is 6.79. The molecule has 1 aliphatic rings. The number of hydrogen-bond donors (Lipinski definition) is 0.